The molecule has 11 heavy (non-hydrogen) atoms. The molecule has 0 fully saturated rings. The largest absolute Gasteiger partial charge is 0.374 e. The molecule has 0 spiro atoms. The van der Waals surface area contributed by atoms with Gasteiger partial charge in [-0.1, -0.05) is 6.08 Å². The first-order valence-electron chi connectivity index (χ1n) is 4.15. The average molecular weight is 154 g/mol. The third kappa shape index (κ3) is 2.85. The van der Waals surface area contributed by atoms with Crippen molar-refractivity contribution < 1.29 is 9.53 Å². The molecule has 2 nitrogen and oxygen atoms in total. The van der Waals surface area contributed by atoms with E-state index >= 15 is 0 Å². The summed E-state index contributed by atoms with van der Waals surface area (Å²) in [5, 5.41) is 0. The first-order valence-corrected chi connectivity index (χ1v) is 4.15. The van der Waals surface area contributed by atoms with E-state index in [0.29, 0.717) is 6.42 Å². The summed E-state index contributed by atoms with van der Waals surface area (Å²) in [6.45, 7) is 2.70. The molecule has 0 bridgehead atoms. The van der Waals surface area contributed by atoms with Gasteiger partial charge in [-0.15, -0.1) is 0 Å². The number of hydrogen-bond acceptors (Lipinski definition) is 2. The molecule has 0 saturated carbocycles. The van der Waals surface area contributed by atoms with Gasteiger partial charge in [-0.25, -0.2) is 0 Å². The summed E-state index contributed by atoms with van der Waals surface area (Å²) < 4.78 is 5.37. The zero-order chi connectivity index (χ0) is 8.10. The molecule has 0 aliphatic heterocycles. The van der Waals surface area contributed by atoms with Gasteiger partial charge in [0.05, 0.1) is 6.10 Å². The number of ether oxygens (including phenoxy) is 1. The lowest BCUT2D eigenvalue weighted by atomic mass is 10.2. The molecule has 0 aromatic carbocycles. The van der Waals surface area contributed by atoms with Crippen LogP contribution in [0, 0.1) is 0 Å². The van der Waals surface area contributed by atoms with Crippen molar-refractivity contribution in [1.82, 2.24) is 0 Å². The second-order valence-corrected chi connectivity index (χ2v) is 2.71. The molecule has 0 saturated heterocycles. The Morgan fingerprint density at radius 1 is 1.73 bits per heavy atom. The maximum absolute atomic E-state index is 10.9. The molecular formula is C9H14O2. The average Bonchev–Trinajstić information content (AvgIpc) is 2.17. The van der Waals surface area contributed by atoms with Crippen molar-refractivity contribution in [3.63, 3.8) is 0 Å². The van der Waals surface area contributed by atoms with E-state index in [9.17, 15) is 4.79 Å². The zero-order valence-electron chi connectivity index (χ0n) is 6.88. The van der Waals surface area contributed by atoms with Gasteiger partial charge in [0.25, 0.3) is 0 Å². The minimum atomic E-state index is 0.173. The Kier molecular flexibility index (Phi) is 3.30. The van der Waals surface area contributed by atoms with Crippen LogP contribution in [0.25, 0.3) is 0 Å². The predicted octanol–water partition coefficient (Wildman–Crippen LogP) is 1.70. The van der Waals surface area contributed by atoms with Gasteiger partial charge in [-0.2, -0.15) is 0 Å². The van der Waals surface area contributed by atoms with Crippen LogP contribution in [0.15, 0.2) is 12.2 Å². The summed E-state index contributed by atoms with van der Waals surface area (Å²) in [6.07, 6.45) is 6.31. The number of ketones is 1. The molecule has 1 unspecified atom stereocenters. The van der Waals surface area contributed by atoms with Crippen LogP contribution in [0.4, 0.5) is 0 Å². The van der Waals surface area contributed by atoms with Gasteiger partial charge in [0.1, 0.15) is 0 Å². The summed E-state index contributed by atoms with van der Waals surface area (Å²) >= 11 is 0. The Labute approximate surface area is 67.2 Å². The van der Waals surface area contributed by atoms with E-state index in [0.717, 1.165) is 19.4 Å². The first kappa shape index (κ1) is 8.47. The fourth-order valence-electron chi connectivity index (χ4n) is 1.22. The highest BCUT2D eigenvalue weighted by Gasteiger charge is 2.09. The third-order valence-electron chi connectivity index (χ3n) is 1.79. The number of rotatable bonds is 2. The molecule has 0 aromatic heterocycles. The lowest BCUT2D eigenvalue weighted by Crippen LogP contribution is -2.07. The van der Waals surface area contributed by atoms with E-state index in [1.807, 2.05) is 13.0 Å². The van der Waals surface area contributed by atoms with Gasteiger partial charge in [-0.05, 0) is 25.8 Å². The summed E-state index contributed by atoms with van der Waals surface area (Å²) in [4.78, 5) is 10.9. The third-order valence-corrected chi connectivity index (χ3v) is 1.79. The minimum absolute atomic E-state index is 0.173. The molecule has 0 radical (unpaired) electrons. The summed E-state index contributed by atoms with van der Waals surface area (Å²) in [5.41, 5.74) is 0. The van der Waals surface area contributed by atoms with Gasteiger partial charge in [0, 0.05) is 13.0 Å². The van der Waals surface area contributed by atoms with Crippen molar-refractivity contribution in [2.75, 3.05) is 6.61 Å². The highest BCUT2D eigenvalue weighted by atomic mass is 16.5. The summed E-state index contributed by atoms with van der Waals surface area (Å²) in [7, 11) is 0. The Hall–Kier alpha value is -0.630. The van der Waals surface area contributed by atoms with Crippen LogP contribution in [-0.2, 0) is 9.53 Å². The molecule has 0 N–H and O–H groups in total. The Balaban J connectivity index is 2.42. The Bertz CT molecular complexity index is 161. The monoisotopic (exact) mass is 154 g/mol. The standard InChI is InChI=1S/C9H14O2/c1-2-11-9-5-3-4-8(10)6-7-9/h6-7,9H,2-5H2,1H3. The lowest BCUT2D eigenvalue weighted by Gasteiger charge is -2.09. The van der Waals surface area contributed by atoms with E-state index in [4.69, 9.17) is 4.74 Å². The molecule has 0 heterocycles. The van der Waals surface area contributed by atoms with Crippen LogP contribution < -0.4 is 0 Å². The van der Waals surface area contributed by atoms with Crippen LogP contribution in [0.3, 0.4) is 0 Å². The molecule has 2 heteroatoms. The predicted molar refractivity (Wildman–Crippen MR) is 43.4 cm³/mol. The zero-order valence-corrected chi connectivity index (χ0v) is 6.88. The van der Waals surface area contributed by atoms with Gasteiger partial charge in [0.2, 0.25) is 0 Å². The van der Waals surface area contributed by atoms with Gasteiger partial charge in [0.15, 0.2) is 5.78 Å². The Morgan fingerprint density at radius 2 is 2.55 bits per heavy atom. The number of hydrogen-bond donors (Lipinski definition) is 0. The van der Waals surface area contributed by atoms with Crippen molar-refractivity contribution in [2.24, 2.45) is 0 Å². The summed E-state index contributed by atoms with van der Waals surface area (Å²) in [6, 6.07) is 0. The molecule has 1 aliphatic rings. The topological polar surface area (TPSA) is 26.3 Å². The van der Waals surface area contributed by atoms with Crippen LogP contribution in [-0.4, -0.2) is 18.5 Å². The van der Waals surface area contributed by atoms with Crippen LogP contribution in [0.1, 0.15) is 26.2 Å². The van der Waals surface area contributed by atoms with E-state index in [1.165, 1.54) is 0 Å². The smallest absolute Gasteiger partial charge is 0.155 e. The van der Waals surface area contributed by atoms with Gasteiger partial charge >= 0.3 is 0 Å². The second-order valence-electron chi connectivity index (χ2n) is 2.71. The number of carbonyl (C=O) groups is 1. The van der Waals surface area contributed by atoms with Gasteiger partial charge < -0.3 is 4.74 Å². The van der Waals surface area contributed by atoms with E-state index in [2.05, 4.69) is 0 Å². The first-order chi connectivity index (χ1) is 5.33. The molecule has 1 rings (SSSR count). The molecule has 1 atom stereocenters. The molecular weight excluding hydrogens is 140 g/mol. The molecule has 62 valence electrons. The normalized spacial score (nSPS) is 25.2. The van der Waals surface area contributed by atoms with Crippen molar-refractivity contribution in [3.8, 4) is 0 Å². The molecule has 0 aromatic rings. The Morgan fingerprint density at radius 3 is 3.27 bits per heavy atom. The lowest BCUT2D eigenvalue weighted by molar-refractivity contribution is -0.114. The fraction of sp³-hybridized carbons (Fsp3) is 0.667. The van der Waals surface area contributed by atoms with Crippen molar-refractivity contribution >= 4 is 5.78 Å². The van der Waals surface area contributed by atoms with Crippen molar-refractivity contribution in [3.05, 3.63) is 12.2 Å². The van der Waals surface area contributed by atoms with E-state index in [1.54, 1.807) is 6.08 Å². The molecule has 0 amide bonds. The maximum atomic E-state index is 10.9. The van der Waals surface area contributed by atoms with Crippen molar-refractivity contribution in [1.29, 1.82) is 0 Å². The van der Waals surface area contributed by atoms with Crippen LogP contribution in [0.5, 0.6) is 0 Å². The van der Waals surface area contributed by atoms with E-state index < -0.39 is 0 Å². The highest BCUT2D eigenvalue weighted by Crippen LogP contribution is 2.11. The van der Waals surface area contributed by atoms with E-state index in [-0.39, 0.29) is 11.9 Å². The number of allylic oxidation sites excluding steroid dienone is 1. The summed E-state index contributed by atoms with van der Waals surface area (Å²) in [5.74, 6) is 0.229. The molecule has 1 aliphatic carbocycles. The van der Waals surface area contributed by atoms with Crippen molar-refractivity contribution in [2.45, 2.75) is 32.3 Å². The highest BCUT2D eigenvalue weighted by molar-refractivity contribution is 5.89. The maximum Gasteiger partial charge on any atom is 0.155 e. The fourth-order valence-corrected chi connectivity index (χ4v) is 1.22. The minimum Gasteiger partial charge on any atom is -0.374 e. The second kappa shape index (κ2) is 4.29. The van der Waals surface area contributed by atoms with Crippen LogP contribution >= 0.6 is 0 Å². The van der Waals surface area contributed by atoms with Crippen LogP contribution in [0.2, 0.25) is 0 Å². The number of carbonyl (C=O) groups excluding carboxylic acids is 1. The quantitative estimate of drug-likeness (QED) is 0.605. The van der Waals surface area contributed by atoms with Gasteiger partial charge in [-0.3, -0.25) is 4.79 Å². The SMILES string of the molecule is CCOC1C=CC(=O)CCC1.